The molecule has 2 saturated carbocycles. The first kappa shape index (κ1) is 35.6. The van der Waals surface area contributed by atoms with Crippen molar-refractivity contribution in [2.24, 2.45) is 40.9 Å². The third-order valence-corrected chi connectivity index (χ3v) is 10.2. The van der Waals surface area contributed by atoms with Gasteiger partial charge in [-0.15, -0.1) is 0 Å². The van der Waals surface area contributed by atoms with E-state index in [-0.39, 0.29) is 66.0 Å². The van der Waals surface area contributed by atoms with Gasteiger partial charge in [-0.3, -0.25) is 33.8 Å². The lowest BCUT2D eigenvalue weighted by Crippen LogP contribution is -2.58. The number of likely N-dealkylation sites (tertiary alicyclic amines) is 1. The lowest BCUT2D eigenvalue weighted by atomic mass is 9.82. The second kappa shape index (κ2) is 15.1. The van der Waals surface area contributed by atoms with Crippen LogP contribution < -0.4 is 5.32 Å². The summed E-state index contributed by atoms with van der Waals surface area (Å²) in [6.07, 6.45) is 10.2. The summed E-state index contributed by atoms with van der Waals surface area (Å²) >= 11 is 0. The molecule has 2 heterocycles. The first-order valence-corrected chi connectivity index (χ1v) is 17.2. The largest absolute Gasteiger partial charge is 0.344 e. The van der Waals surface area contributed by atoms with Crippen LogP contribution >= 0.6 is 0 Å². The van der Waals surface area contributed by atoms with Crippen molar-refractivity contribution in [1.29, 1.82) is 0 Å². The second-order valence-electron chi connectivity index (χ2n) is 15.3. The average Bonchev–Trinajstić information content (AvgIpc) is 3.57. The fourth-order valence-corrected chi connectivity index (χ4v) is 7.34. The predicted molar refractivity (Wildman–Crippen MR) is 172 cm³/mol. The molecule has 1 aromatic rings. The Morgan fingerprint density at radius 2 is 1.72 bits per heavy atom. The van der Waals surface area contributed by atoms with Crippen molar-refractivity contribution in [3.63, 3.8) is 0 Å². The summed E-state index contributed by atoms with van der Waals surface area (Å²) in [6, 6.07) is -1.62. The normalized spacial score (nSPS) is 23.0. The van der Waals surface area contributed by atoms with Gasteiger partial charge in [0.15, 0.2) is 17.3 Å². The minimum Gasteiger partial charge on any atom is -0.344 e. The van der Waals surface area contributed by atoms with Gasteiger partial charge in [-0.05, 0) is 61.2 Å². The van der Waals surface area contributed by atoms with E-state index in [2.05, 4.69) is 15.3 Å². The SMILES string of the molecule is CCCC(CC(=O)C1[C@H]2CCC[C@H]2CN1C(=O)C(NC(=O)[C@H](CC(=O)c1cnccn1)C(C)C)C(C)(C)C)C(=O)C(=O)CC1CC1. The molecule has 1 saturated heterocycles. The van der Waals surface area contributed by atoms with Crippen LogP contribution in [0.4, 0.5) is 0 Å². The summed E-state index contributed by atoms with van der Waals surface area (Å²) in [6.45, 7) is 11.7. The number of carbonyl (C=O) groups is 6. The smallest absolute Gasteiger partial charge is 0.246 e. The maximum atomic E-state index is 14.4. The molecule has 1 N–H and O–H groups in total. The van der Waals surface area contributed by atoms with Crippen molar-refractivity contribution in [2.45, 2.75) is 118 Å². The van der Waals surface area contributed by atoms with Gasteiger partial charge in [0, 0.05) is 50.0 Å². The van der Waals surface area contributed by atoms with Crippen LogP contribution in [-0.2, 0) is 24.0 Å². The Morgan fingerprint density at radius 3 is 2.30 bits per heavy atom. The number of nitrogens with zero attached hydrogens (tertiary/aromatic N) is 3. The van der Waals surface area contributed by atoms with Crippen LogP contribution in [0.15, 0.2) is 18.6 Å². The molecular formula is C36H52N4O6. The van der Waals surface area contributed by atoms with E-state index in [1.54, 1.807) is 4.90 Å². The van der Waals surface area contributed by atoms with Crippen molar-refractivity contribution < 1.29 is 28.8 Å². The van der Waals surface area contributed by atoms with E-state index in [0.717, 1.165) is 32.1 Å². The third-order valence-electron chi connectivity index (χ3n) is 10.2. The molecule has 10 heteroatoms. The molecule has 46 heavy (non-hydrogen) atoms. The van der Waals surface area contributed by atoms with Crippen LogP contribution in [0.1, 0.15) is 116 Å². The van der Waals surface area contributed by atoms with Crippen molar-refractivity contribution >= 4 is 34.9 Å². The summed E-state index contributed by atoms with van der Waals surface area (Å²) in [4.78, 5) is 90.9. The number of fused-ring (bicyclic) bond motifs is 1. The van der Waals surface area contributed by atoms with Crippen LogP contribution in [0.3, 0.4) is 0 Å². The Balaban J connectivity index is 1.53. The summed E-state index contributed by atoms with van der Waals surface area (Å²) in [5, 5.41) is 2.99. The monoisotopic (exact) mass is 636 g/mol. The van der Waals surface area contributed by atoms with Gasteiger partial charge in [0.2, 0.25) is 17.6 Å². The van der Waals surface area contributed by atoms with Crippen LogP contribution in [0.2, 0.25) is 0 Å². The first-order chi connectivity index (χ1) is 21.7. The van der Waals surface area contributed by atoms with Crippen molar-refractivity contribution in [3.05, 3.63) is 24.3 Å². The van der Waals surface area contributed by atoms with Gasteiger partial charge < -0.3 is 10.2 Å². The molecule has 2 amide bonds. The van der Waals surface area contributed by atoms with E-state index in [0.29, 0.717) is 25.3 Å². The minimum atomic E-state index is -0.935. The van der Waals surface area contributed by atoms with Gasteiger partial charge in [-0.1, -0.05) is 54.4 Å². The Labute approximate surface area is 273 Å². The molecule has 3 fully saturated rings. The predicted octanol–water partition coefficient (Wildman–Crippen LogP) is 4.79. The average molecular weight is 637 g/mol. The minimum absolute atomic E-state index is 0.000305. The molecule has 6 atom stereocenters. The summed E-state index contributed by atoms with van der Waals surface area (Å²) in [5.41, 5.74) is -0.506. The number of hydrogen-bond donors (Lipinski definition) is 1. The number of amides is 2. The van der Waals surface area contributed by atoms with E-state index in [1.165, 1.54) is 18.6 Å². The van der Waals surface area contributed by atoms with Crippen molar-refractivity contribution in [3.8, 4) is 0 Å². The van der Waals surface area contributed by atoms with Crippen molar-refractivity contribution in [1.82, 2.24) is 20.2 Å². The second-order valence-corrected chi connectivity index (χ2v) is 15.3. The van der Waals surface area contributed by atoms with Crippen LogP contribution in [0.25, 0.3) is 0 Å². The van der Waals surface area contributed by atoms with Gasteiger partial charge in [0.25, 0.3) is 0 Å². The van der Waals surface area contributed by atoms with Gasteiger partial charge >= 0.3 is 0 Å². The maximum Gasteiger partial charge on any atom is 0.246 e. The number of nitrogens with one attached hydrogen (secondary N) is 1. The maximum absolute atomic E-state index is 14.4. The standard InChI is InChI=1S/C36H52N4O6/c1-7-9-23(32(44)30(43)16-22-12-13-22)17-29(42)31-25-11-8-10-24(25)20-40(31)35(46)33(36(4,5)6)39-34(45)26(21(2)3)18-28(41)27-19-37-14-15-38-27/h14-15,19,21-26,31,33H,7-13,16-18,20H2,1-6H3,(H,39,45)/t23?,24-,25-,26+,31?,33?/m0/s1. The zero-order valence-electron chi connectivity index (χ0n) is 28.4. The van der Waals surface area contributed by atoms with Crippen LogP contribution in [0.5, 0.6) is 0 Å². The van der Waals surface area contributed by atoms with Crippen LogP contribution in [-0.4, -0.2) is 68.4 Å². The Bertz CT molecular complexity index is 1300. The summed E-state index contributed by atoms with van der Waals surface area (Å²) in [7, 11) is 0. The molecule has 3 aliphatic rings. The Morgan fingerprint density at radius 1 is 1.00 bits per heavy atom. The lowest BCUT2D eigenvalue weighted by molar-refractivity contribution is -0.146. The highest BCUT2D eigenvalue weighted by Crippen LogP contribution is 2.44. The van der Waals surface area contributed by atoms with Gasteiger partial charge in [-0.25, -0.2) is 4.98 Å². The van der Waals surface area contributed by atoms with Crippen LogP contribution in [0, 0.1) is 40.9 Å². The summed E-state index contributed by atoms with van der Waals surface area (Å²) in [5.74, 6) is -3.09. The zero-order valence-corrected chi connectivity index (χ0v) is 28.4. The van der Waals surface area contributed by atoms with E-state index in [9.17, 15) is 28.8 Å². The Hall–Kier alpha value is -3.30. The molecule has 0 aromatic carbocycles. The summed E-state index contributed by atoms with van der Waals surface area (Å²) < 4.78 is 0. The highest BCUT2D eigenvalue weighted by molar-refractivity contribution is 6.38. The van der Waals surface area contributed by atoms with E-state index >= 15 is 0 Å². The molecule has 1 aromatic heterocycles. The van der Waals surface area contributed by atoms with E-state index < -0.39 is 41.0 Å². The number of aromatic nitrogens is 2. The molecular weight excluding hydrogens is 584 g/mol. The quantitative estimate of drug-likeness (QED) is 0.202. The van der Waals surface area contributed by atoms with Gasteiger partial charge in [0.05, 0.1) is 12.2 Å². The highest BCUT2D eigenvalue weighted by atomic mass is 16.2. The number of carbonyl (C=O) groups excluding carboxylic acids is 6. The van der Waals surface area contributed by atoms with Gasteiger partial charge in [-0.2, -0.15) is 0 Å². The number of rotatable bonds is 16. The molecule has 0 spiro atoms. The van der Waals surface area contributed by atoms with Crippen molar-refractivity contribution in [2.75, 3.05) is 6.54 Å². The number of ketones is 4. The molecule has 1 aliphatic heterocycles. The van der Waals surface area contributed by atoms with E-state index in [4.69, 9.17) is 0 Å². The van der Waals surface area contributed by atoms with Gasteiger partial charge in [0.1, 0.15) is 11.7 Å². The van der Waals surface area contributed by atoms with E-state index in [1.807, 2.05) is 41.5 Å². The molecule has 252 valence electrons. The molecule has 2 aliphatic carbocycles. The molecule has 10 nitrogen and oxygen atoms in total. The lowest BCUT2D eigenvalue weighted by Gasteiger charge is -2.37. The Kier molecular flexibility index (Phi) is 11.6. The zero-order chi connectivity index (χ0) is 33.8. The third kappa shape index (κ3) is 8.53. The molecule has 3 unspecified atom stereocenters. The fourth-order valence-electron chi connectivity index (χ4n) is 7.34. The molecule has 4 rings (SSSR count). The highest BCUT2D eigenvalue weighted by Gasteiger charge is 2.52. The fraction of sp³-hybridized carbons (Fsp3) is 0.722. The molecule has 0 radical (unpaired) electrons. The number of Topliss-reactive ketones (excluding diaryl/α,β-unsaturated/α-hetero) is 4. The molecule has 0 bridgehead atoms. The first-order valence-electron chi connectivity index (χ1n) is 17.2. The topological polar surface area (TPSA) is 143 Å². The number of hydrogen-bond acceptors (Lipinski definition) is 8.